The highest BCUT2D eigenvalue weighted by Gasteiger charge is 2.45. The van der Waals surface area contributed by atoms with Crippen LogP contribution in [0.1, 0.15) is 51.9 Å². The second-order valence-electron chi connectivity index (χ2n) is 8.41. The van der Waals surface area contributed by atoms with E-state index in [9.17, 15) is 13.6 Å². The van der Waals surface area contributed by atoms with Crippen LogP contribution in [-0.2, 0) is 4.79 Å². The van der Waals surface area contributed by atoms with Gasteiger partial charge < -0.3 is 10.2 Å². The Balaban J connectivity index is 1.32. The molecule has 1 N–H and O–H groups in total. The zero-order valence-corrected chi connectivity index (χ0v) is 15.6. The van der Waals surface area contributed by atoms with Gasteiger partial charge in [0.15, 0.2) is 5.17 Å². The summed E-state index contributed by atoms with van der Waals surface area (Å²) in [6.45, 7) is 3.48. The van der Waals surface area contributed by atoms with Gasteiger partial charge in [-0.15, -0.1) is 0 Å². The van der Waals surface area contributed by atoms with Crippen molar-refractivity contribution in [3.05, 3.63) is 0 Å². The molecular weight excluding hydrogens is 344 g/mol. The first-order valence-electron chi connectivity index (χ1n) is 9.51. The number of piperidine rings is 1. The van der Waals surface area contributed by atoms with Crippen molar-refractivity contribution in [2.24, 2.45) is 16.8 Å². The number of carbonyl (C=O) groups excluding carboxylic acids is 1. The summed E-state index contributed by atoms with van der Waals surface area (Å²) < 4.78 is 26.0. The Bertz CT molecular complexity index is 575. The van der Waals surface area contributed by atoms with E-state index in [2.05, 4.69) is 10.2 Å². The molecule has 2 heterocycles. The number of hydrogen-bond acceptors (Lipinski definition) is 4. The molecule has 4 unspecified atom stereocenters. The number of hydrogen-bond donors (Lipinski definition) is 1. The lowest BCUT2D eigenvalue weighted by Gasteiger charge is -2.33. The number of amidine groups is 1. The van der Waals surface area contributed by atoms with Gasteiger partial charge in [-0.3, -0.25) is 9.79 Å². The van der Waals surface area contributed by atoms with Crippen molar-refractivity contribution in [1.82, 2.24) is 10.2 Å². The smallest absolute Gasteiger partial charge is 0.250 e. The van der Waals surface area contributed by atoms with Crippen molar-refractivity contribution in [3.63, 3.8) is 0 Å². The number of likely N-dealkylation sites (tertiary alicyclic amines) is 1. The van der Waals surface area contributed by atoms with Crippen LogP contribution >= 0.6 is 11.8 Å². The maximum atomic E-state index is 13.3. The zero-order valence-electron chi connectivity index (χ0n) is 14.8. The number of nitrogens with one attached hydrogen (secondary N) is 1. The number of halogens is 2. The van der Waals surface area contributed by atoms with E-state index in [-0.39, 0.29) is 18.7 Å². The van der Waals surface area contributed by atoms with Crippen molar-refractivity contribution in [2.45, 2.75) is 68.6 Å². The Morgan fingerprint density at radius 3 is 2.68 bits per heavy atom. The molecule has 4 fully saturated rings. The van der Waals surface area contributed by atoms with Gasteiger partial charge in [-0.2, -0.15) is 0 Å². The molecule has 4 rings (SSSR count). The first kappa shape index (κ1) is 17.7. The molecule has 0 radical (unpaired) electrons. The molecular formula is C18H27F2N3OS. The van der Waals surface area contributed by atoms with E-state index < -0.39 is 10.7 Å². The quantitative estimate of drug-likeness (QED) is 0.825. The van der Waals surface area contributed by atoms with Gasteiger partial charge in [0.1, 0.15) is 4.75 Å². The fraction of sp³-hybridized carbons (Fsp3) is 0.889. The Kier molecular flexibility index (Phi) is 4.59. The van der Waals surface area contributed by atoms with Gasteiger partial charge in [0.25, 0.3) is 5.92 Å². The molecule has 2 aliphatic carbocycles. The fourth-order valence-corrected chi connectivity index (χ4v) is 5.83. The Morgan fingerprint density at radius 2 is 2.04 bits per heavy atom. The summed E-state index contributed by atoms with van der Waals surface area (Å²) in [5.41, 5.74) is 0. The second kappa shape index (κ2) is 6.48. The molecule has 0 aromatic carbocycles. The molecule has 2 aliphatic heterocycles. The molecule has 4 nitrogen and oxygen atoms in total. The summed E-state index contributed by atoms with van der Waals surface area (Å²) in [6, 6.07) is 0.383. The molecule has 25 heavy (non-hydrogen) atoms. The Morgan fingerprint density at radius 1 is 1.28 bits per heavy atom. The topological polar surface area (TPSA) is 44.7 Å². The third-order valence-electron chi connectivity index (χ3n) is 6.50. The number of carbonyl (C=O) groups is 1. The number of thioether (sulfide) groups is 1. The molecule has 2 bridgehead atoms. The number of alkyl halides is 2. The largest absolute Gasteiger partial charge is 0.304 e. The lowest BCUT2D eigenvalue weighted by molar-refractivity contribution is -0.121. The highest BCUT2D eigenvalue weighted by molar-refractivity contribution is 8.16. The number of nitrogens with zero attached hydrogens (tertiary/aromatic N) is 2. The van der Waals surface area contributed by atoms with Crippen LogP contribution in [0.4, 0.5) is 8.78 Å². The number of amides is 1. The second-order valence-corrected chi connectivity index (χ2v) is 9.90. The monoisotopic (exact) mass is 371 g/mol. The van der Waals surface area contributed by atoms with Crippen molar-refractivity contribution in [2.75, 3.05) is 19.6 Å². The van der Waals surface area contributed by atoms with Gasteiger partial charge in [0, 0.05) is 25.9 Å². The number of fused-ring (bicyclic) bond motifs is 2. The van der Waals surface area contributed by atoms with Gasteiger partial charge in [-0.1, -0.05) is 18.2 Å². The zero-order chi connectivity index (χ0) is 17.7. The van der Waals surface area contributed by atoms with Crippen molar-refractivity contribution in [3.8, 4) is 0 Å². The number of aliphatic imine (C=N–C) groups is 1. The van der Waals surface area contributed by atoms with Crippen LogP contribution < -0.4 is 5.32 Å². The lowest BCUT2D eigenvalue weighted by atomic mass is 9.96. The summed E-state index contributed by atoms with van der Waals surface area (Å²) in [5.74, 6) is -0.955. The number of rotatable bonds is 4. The lowest BCUT2D eigenvalue weighted by Crippen LogP contribution is -2.43. The average molecular weight is 371 g/mol. The SMILES string of the molecule is CC1(CCN2CCC(F)(F)CC2)SC(=NC2CC3CCC2C3)NC1=O. The molecule has 140 valence electrons. The summed E-state index contributed by atoms with van der Waals surface area (Å²) in [7, 11) is 0. The summed E-state index contributed by atoms with van der Waals surface area (Å²) in [6.07, 6.45) is 5.63. The molecule has 4 atom stereocenters. The van der Waals surface area contributed by atoms with E-state index in [0.717, 1.165) is 11.1 Å². The average Bonchev–Trinajstić information content (AvgIpc) is 3.22. The molecule has 0 aromatic rings. The standard InChI is InChI=1S/C18H27F2N3OS/c1-17(4-7-23-8-5-18(19,20)6-9-23)15(24)22-16(25-17)21-14-11-12-2-3-13(14)10-12/h12-14H,2-11H2,1H3,(H,21,22,24). The molecule has 1 amide bonds. The molecule has 2 saturated carbocycles. The van der Waals surface area contributed by atoms with E-state index in [0.29, 0.717) is 38.0 Å². The minimum Gasteiger partial charge on any atom is -0.304 e. The third kappa shape index (κ3) is 3.72. The third-order valence-corrected chi connectivity index (χ3v) is 7.74. The predicted octanol–water partition coefficient (Wildman–Crippen LogP) is 3.27. The normalized spacial score (nSPS) is 42.3. The fourth-order valence-electron chi connectivity index (χ4n) is 4.73. The summed E-state index contributed by atoms with van der Waals surface area (Å²) >= 11 is 1.54. The van der Waals surface area contributed by atoms with E-state index in [1.54, 1.807) is 0 Å². The molecule has 0 spiro atoms. The van der Waals surface area contributed by atoms with E-state index in [1.807, 2.05) is 6.92 Å². The van der Waals surface area contributed by atoms with Gasteiger partial charge >= 0.3 is 0 Å². The van der Waals surface area contributed by atoms with Crippen molar-refractivity contribution < 1.29 is 13.6 Å². The molecule has 7 heteroatoms. The summed E-state index contributed by atoms with van der Waals surface area (Å²) in [5, 5.41) is 3.74. The minimum atomic E-state index is -2.51. The van der Waals surface area contributed by atoms with Crippen LogP contribution in [0.3, 0.4) is 0 Å². The van der Waals surface area contributed by atoms with Crippen LogP contribution in [0.25, 0.3) is 0 Å². The van der Waals surface area contributed by atoms with E-state index in [1.165, 1.54) is 37.4 Å². The maximum absolute atomic E-state index is 13.3. The summed E-state index contributed by atoms with van der Waals surface area (Å²) in [4.78, 5) is 19.4. The van der Waals surface area contributed by atoms with Crippen LogP contribution in [0.15, 0.2) is 4.99 Å². The predicted molar refractivity (Wildman–Crippen MR) is 96.0 cm³/mol. The Labute approximate surface area is 152 Å². The van der Waals surface area contributed by atoms with Crippen LogP contribution in [0, 0.1) is 11.8 Å². The Hall–Kier alpha value is -0.690. The van der Waals surface area contributed by atoms with Gasteiger partial charge in [0.2, 0.25) is 5.91 Å². The van der Waals surface area contributed by atoms with Crippen molar-refractivity contribution >= 4 is 22.8 Å². The first-order chi connectivity index (χ1) is 11.8. The maximum Gasteiger partial charge on any atom is 0.250 e. The first-order valence-corrected chi connectivity index (χ1v) is 10.3. The van der Waals surface area contributed by atoms with E-state index >= 15 is 0 Å². The van der Waals surface area contributed by atoms with Crippen LogP contribution in [0.2, 0.25) is 0 Å². The van der Waals surface area contributed by atoms with Gasteiger partial charge in [-0.05, 0) is 51.0 Å². The molecule has 0 aromatic heterocycles. The molecule has 2 saturated heterocycles. The van der Waals surface area contributed by atoms with Crippen LogP contribution in [0.5, 0.6) is 0 Å². The minimum absolute atomic E-state index is 0.0155. The van der Waals surface area contributed by atoms with Crippen molar-refractivity contribution in [1.29, 1.82) is 0 Å². The van der Waals surface area contributed by atoms with E-state index in [4.69, 9.17) is 4.99 Å². The highest BCUT2D eigenvalue weighted by atomic mass is 32.2. The van der Waals surface area contributed by atoms with Gasteiger partial charge in [0.05, 0.1) is 6.04 Å². The van der Waals surface area contributed by atoms with Gasteiger partial charge in [-0.25, -0.2) is 8.78 Å². The van der Waals surface area contributed by atoms with Crippen LogP contribution in [-0.4, -0.2) is 52.3 Å². The molecule has 4 aliphatic rings. The highest BCUT2D eigenvalue weighted by Crippen LogP contribution is 2.47.